The molecule has 0 aromatic heterocycles. The van der Waals surface area contributed by atoms with E-state index in [1.807, 2.05) is 7.05 Å². The topological polar surface area (TPSA) is 44.4 Å². The molecule has 7 heteroatoms. The number of carbonyl (C=O) groups is 1. The van der Waals surface area contributed by atoms with Crippen molar-refractivity contribution in [1.29, 1.82) is 0 Å². The van der Waals surface area contributed by atoms with Gasteiger partial charge in [-0.3, -0.25) is 9.69 Å². The summed E-state index contributed by atoms with van der Waals surface area (Å²) in [5.41, 5.74) is 1.05. The minimum Gasteiger partial charge on any atom is -0.355 e. The molecule has 132 valence electrons. The zero-order valence-corrected chi connectivity index (χ0v) is 15.0. The smallest absolute Gasteiger partial charge is 0.237 e. The Morgan fingerprint density at radius 1 is 1.26 bits per heavy atom. The van der Waals surface area contributed by atoms with E-state index < -0.39 is 0 Å². The second-order valence-electron chi connectivity index (χ2n) is 5.50. The van der Waals surface area contributed by atoms with Crippen molar-refractivity contribution >= 4 is 30.7 Å². The maximum Gasteiger partial charge on any atom is 0.237 e. The SMILES string of the molecule is CNCCCNC(=O)C1CCCN1Cc1ccc(F)cc1.Cl.Cl. The van der Waals surface area contributed by atoms with Gasteiger partial charge in [-0.1, -0.05) is 12.1 Å². The number of halogens is 3. The molecule has 2 rings (SSSR count). The van der Waals surface area contributed by atoms with Crippen molar-refractivity contribution in [3.05, 3.63) is 35.6 Å². The fourth-order valence-electron chi connectivity index (χ4n) is 2.73. The van der Waals surface area contributed by atoms with Crippen LogP contribution in [0.15, 0.2) is 24.3 Å². The van der Waals surface area contributed by atoms with E-state index >= 15 is 0 Å². The normalized spacial score (nSPS) is 17.2. The first-order valence-electron chi connectivity index (χ1n) is 7.61. The largest absolute Gasteiger partial charge is 0.355 e. The van der Waals surface area contributed by atoms with Crippen LogP contribution in [0.25, 0.3) is 0 Å². The third kappa shape index (κ3) is 7.04. The van der Waals surface area contributed by atoms with Crippen LogP contribution < -0.4 is 10.6 Å². The lowest BCUT2D eigenvalue weighted by molar-refractivity contribution is -0.125. The molecule has 23 heavy (non-hydrogen) atoms. The summed E-state index contributed by atoms with van der Waals surface area (Å²) in [4.78, 5) is 14.4. The number of nitrogens with one attached hydrogen (secondary N) is 2. The molecule has 2 N–H and O–H groups in total. The maximum atomic E-state index is 12.9. The molecule has 1 heterocycles. The summed E-state index contributed by atoms with van der Waals surface area (Å²) in [6.07, 6.45) is 2.88. The summed E-state index contributed by atoms with van der Waals surface area (Å²) in [6.45, 7) is 3.24. The second kappa shape index (κ2) is 11.6. The quantitative estimate of drug-likeness (QED) is 0.729. The first kappa shape index (κ1) is 22.1. The van der Waals surface area contributed by atoms with Crippen LogP contribution in [0.2, 0.25) is 0 Å². The Kier molecular flexibility index (Phi) is 11.2. The number of benzene rings is 1. The van der Waals surface area contributed by atoms with Crippen LogP contribution in [0.4, 0.5) is 4.39 Å². The number of carbonyl (C=O) groups excluding carboxylic acids is 1. The average molecular weight is 366 g/mol. The fourth-order valence-corrected chi connectivity index (χ4v) is 2.73. The number of likely N-dealkylation sites (tertiary alicyclic amines) is 1. The Morgan fingerprint density at radius 2 is 1.96 bits per heavy atom. The van der Waals surface area contributed by atoms with Crippen molar-refractivity contribution in [3.8, 4) is 0 Å². The number of amides is 1. The summed E-state index contributed by atoms with van der Waals surface area (Å²) in [6, 6.07) is 6.46. The van der Waals surface area contributed by atoms with E-state index in [0.29, 0.717) is 13.1 Å². The maximum absolute atomic E-state index is 12.9. The molecule has 1 aliphatic rings. The van der Waals surface area contributed by atoms with Crippen molar-refractivity contribution in [2.45, 2.75) is 31.8 Å². The second-order valence-corrected chi connectivity index (χ2v) is 5.50. The molecule has 1 aromatic carbocycles. The lowest BCUT2D eigenvalue weighted by Gasteiger charge is -2.23. The Labute approximate surface area is 150 Å². The molecular formula is C16H26Cl2FN3O. The molecule has 1 aromatic rings. The van der Waals surface area contributed by atoms with Gasteiger partial charge < -0.3 is 10.6 Å². The summed E-state index contributed by atoms with van der Waals surface area (Å²) < 4.78 is 12.9. The molecule has 1 atom stereocenters. The Bertz CT molecular complexity index is 459. The first-order valence-corrected chi connectivity index (χ1v) is 7.61. The minimum absolute atomic E-state index is 0. The molecule has 0 radical (unpaired) electrons. The summed E-state index contributed by atoms with van der Waals surface area (Å²) in [7, 11) is 1.91. The molecule has 0 bridgehead atoms. The molecule has 0 spiro atoms. The van der Waals surface area contributed by atoms with Crippen LogP contribution in [0.5, 0.6) is 0 Å². The van der Waals surface area contributed by atoms with Crippen LogP contribution in [-0.4, -0.2) is 43.5 Å². The van der Waals surface area contributed by atoms with E-state index in [1.54, 1.807) is 12.1 Å². The number of rotatable bonds is 7. The van der Waals surface area contributed by atoms with Gasteiger partial charge in [0.05, 0.1) is 6.04 Å². The molecule has 0 saturated carbocycles. The standard InChI is InChI=1S/C16H24FN3O.2ClH/c1-18-9-3-10-19-16(21)15-4-2-11-20(15)12-13-5-7-14(17)8-6-13;;/h5-8,15,18H,2-4,9-12H2,1H3,(H,19,21);2*1H. The van der Waals surface area contributed by atoms with Crippen LogP contribution in [-0.2, 0) is 11.3 Å². The highest BCUT2D eigenvalue weighted by Crippen LogP contribution is 2.20. The van der Waals surface area contributed by atoms with E-state index in [1.165, 1.54) is 12.1 Å². The lowest BCUT2D eigenvalue weighted by Crippen LogP contribution is -2.43. The van der Waals surface area contributed by atoms with E-state index in [-0.39, 0.29) is 42.6 Å². The molecule has 1 aliphatic heterocycles. The third-order valence-corrected chi connectivity index (χ3v) is 3.87. The van der Waals surface area contributed by atoms with Crippen molar-refractivity contribution in [3.63, 3.8) is 0 Å². The van der Waals surface area contributed by atoms with Crippen LogP contribution in [0.1, 0.15) is 24.8 Å². The van der Waals surface area contributed by atoms with Gasteiger partial charge in [0.1, 0.15) is 5.82 Å². The highest BCUT2D eigenvalue weighted by atomic mass is 35.5. The molecular weight excluding hydrogens is 340 g/mol. The fraction of sp³-hybridized carbons (Fsp3) is 0.562. The monoisotopic (exact) mass is 365 g/mol. The molecule has 1 fully saturated rings. The molecule has 1 unspecified atom stereocenters. The average Bonchev–Trinajstić information content (AvgIpc) is 2.94. The number of hydrogen-bond acceptors (Lipinski definition) is 3. The van der Waals surface area contributed by atoms with Crippen molar-refractivity contribution in [2.24, 2.45) is 0 Å². The molecule has 4 nitrogen and oxygen atoms in total. The third-order valence-electron chi connectivity index (χ3n) is 3.87. The van der Waals surface area contributed by atoms with Gasteiger partial charge in [0.2, 0.25) is 5.91 Å². The Morgan fingerprint density at radius 3 is 2.61 bits per heavy atom. The van der Waals surface area contributed by atoms with Gasteiger partial charge in [0, 0.05) is 13.1 Å². The molecule has 0 aliphatic carbocycles. The summed E-state index contributed by atoms with van der Waals surface area (Å²) >= 11 is 0. The predicted octanol–water partition coefficient (Wildman–Crippen LogP) is 2.36. The van der Waals surface area contributed by atoms with Gasteiger partial charge in [0.15, 0.2) is 0 Å². The van der Waals surface area contributed by atoms with E-state index in [2.05, 4.69) is 15.5 Å². The predicted molar refractivity (Wildman–Crippen MR) is 95.9 cm³/mol. The summed E-state index contributed by atoms with van der Waals surface area (Å²) in [5, 5.41) is 6.07. The molecule has 1 amide bonds. The number of nitrogens with zero attached hydrogens (tertiary/aromatic N) is 1. The van der Waals surface area contributed by atoms with E-state index in [4.69, 9.17) is 0 Å². The minimum atomic E-state index is -0.223. The van der Waals surface area contributed by atoms with Gasteiger partial charge >= 0.3 is 0 Å². The van der Waals surface area contributed by atoms with Crippen molar-refractivity contribution < 1.29 is 9.18 Å². The highest BCUT2D eigenvalue weighted by molar-refractivity contribution is 5.85. The Balaban J connectivity index is 0.00000242. The molecule has 1 saturated heterocycles. The zero-order valence-electron chi connectivity index (χ0n) is 13.4. The van der Waals surface area contributed by atoms with Gasteiger partial charge in [-0.2, -0.15) is 0 Å². The van der Waals surface area contributed by atoms with Gasteiger partial charge in [-0.25, -0.2) is 4.39 Å². The van der Waals surface area contributed by atoms with Crippen molar-refractivity contribution in [2.75, 3.05) is 26.7 Å². The van der Waals surface area contributed by atoms with E-state index in [0.717, 1.165) is 37.9 Å². The lowest BCUT2D eigenvalue weighted by atomic mass is 10.1. The first-order chi connectivity index (χ1) is 10.2. The van der Waals surface area contributed by atoms with Crippen LogP contribution in [0, 0.1) is 5.82 Å². The van der Waals surface area contributed by atoms with E-state index in [9.17, 15) is 9.18 Å². The zero-order chi connectivity index (χ0) is 15.1. The van der Waals surface area contributed by atoms with Crippen LogP contribution in [0.3, 0.4) is 0 Å². The van der Waals surface area contributed by atoms with Gasteiger partial charge in [-0.15, -0.1) is 24.8 Å². The Hall–Kier alpha value is -0.880. The number of hydrogen-bond donors (Lipinski definition) is 2. The van der Waals surface area contributed by atoms with Gasteiger partial charge in [0.25, 0.3) is 0 Å². The van der Waals surface area contributed by atoms with Gasteiger partial charge in [-0.05, 0) is 57.1 Å². The summed E-state index contributed by atoms with van der Waals surface area (Å²) in [5.74, 6) is -0.107. The highest BCUT2D eigenvalue weighted by Gasteiger charge is 2.30. The van der Waals surface area contributed by atoms with Crippen LogP contribution >= 0.6 is 24.8 Å². The van der Waals surface area contributed by atoms with Crippen molar-refractivity contribution in [1.82, 2.24) is 15.5 Å².